The van der Waals surface area contributed by atoms with Gasteiger partial charge in [0, 0.05) is 16.8 Å². The van der Waals surface area contributed by atoms with E-state index >= 15 is 0 Å². The Balaban J connectivity index is 1.41. The largest absolute Gasteiger partial charge is 0.350 e. The van der Waals surface area contributed by atoms with E-state index < -0.39 is 45.5 Å². The van der Waals surface area contributed by atoms with Gasteiger partial charge in [-0.1, -0.05) is 78.9 Å². The van der Waals surface area contributed by atoms with E-state index in [0.717, 1.165) is 16.7 Å². The van der Waals surface area contributed by atoms with Gasteiger partial charge in [0.2, 0.25) is 11.8 Å². The minimum absolute atomic E-state index is 0.000737. The second-order valence-corrected chi connectivity index (χ2v) is 15.4. The fraction of sp³-hybridized carbons (Fsp3) is 0.282. The van der Waals surface area contributed by atoms with Gasteiger partial charge in [0.05, 0.1) is 10.9 Å². The zero-order valence-electron chi connectivity index (χ0n) is 29.1. The molecule has 3 unspecified atom stereocenters. The van der Waals surface area contributed by atoms with Crippen molar-refractivity contribution in [2.75, 3.05) is 11.9 Å². The summed E-state index contributed by atoms with van der Waals surface area (Å²) >= 11 is 0. The average Bonchev–Trinajstić information content (AvgIpc) is 3.21. The fourth-order valence-electron chi connectivity index (χ4n) is 6.35. The first-order valence-corrected chi connectivity index (χ1v) is 18.2. The summed E-state index contributed by atoms with van der Waals surface area (Å²) in [6, 6.07) is 28.7. The highest BCUT2D eigenvalue weighted by Gasteiger charge is 2.40. The molecule has 1 aliphatic heterocycles. The molecule has 11 nitrogen and oxygen atoms in total. The van der Waals surface area contributed by atoms with Gasteiger partial charge in [0.25, 0.3) is 15.9 Å². The molecule has 3 atom stereocenters. The van der Waals surface area contributed by atoms with Crippen molar-refractivity contribution in [2.24, 2.45) is 0 Å². The third kappa shape index (κ3) is 9.61. The molecule has 1 aliphatic rings. The summed E-state index contributed by atoms with van der Waals surface area (Å²) in [4.78, 5) is 55.7. The minimum Gasteiger partial charge on any atom is -0.350 e. The summed E-state index contributed by atoms with van der Waals surface area (Å²) in [6.07, 6.45) is 0.796. The summed E-state index contributed by atoms with van der Waals surface area (Å²) in [7, 11) is -4.12. The molecule has 0 aliphatic carbocycles. The van der Waals surface area contributed by atoms with E-state index in [1.807, 2.05) is 87.0 Å². The van der Waals surface area contributed by atoms with Gasteiger partial charge >= 0.3 is 6.03 Å². The highest BCUT2D eigenvalue weighted by Crippen LogP contribution is 2.40. The molecule has 4 aromatic rings. The third-order valence-electron chi connectivity index (χ3n) is 8.59. The molecule has 51 heavy (non-hydrogen) atoms. The van der Waals surface area contributed by atoms with Crippen LogP contribution in [0, 0.1) is 6.92 Å². The van der Waals surface area contributed by atoms with Crippen molar-refractivity contribution in [2.45, 2.75) is 69.0 Å². The quantitative estimate of drug-likeness (QED) is 0.176. The van der Waals surface area contributed by atoms with Crippen LogP contribution in [0.5, 0.6) is 0 Å². The Labute approximate surface area is 298 Å². The first-order chi connectivity index (χ1) is 24.2. The Bertz CT molecular complexity index is 2000. The van der Waals surface area contributed by atoms with E-state index in [-0.39, 0.29) is 40.9 Å². The number of benzene rings is 4. The van der Waals surface area contributed by atoms with E-state index in [1.165, 1.54) is 30.3 Å². The van der Waals surface area contributed by atoms with Crippen LogP contribution in [-0.4, -0.2) is 55.2 Å². The van der Waals surface area contributed by atoms with Crippen LogP contribution in [0.4, 0.5) is 10.5 Å². The molecule has 0 spiro atoms. The summed E-state index contributed by atoms with van der Waals surface area (Å²) in [5.74, 6) is -1.75. The van der Waals surface area contributed by atoms with Gasteiger partial charge in [-0.05, 0) is 93.5 Å². The number of anilines is 1. The number of nitrogens with one attached hydrogen (secondary N) is 4. The molecule has 1 saturated heterocycles. The number of carbonyl (C=O) groups is 4. The molecule has 5 amide bonds. The highest BCUT2D eigenvalue weighted by molar-refractivity contribution is 7.90. The molecule has 1 fully saturated rings. The van der Waals surface area contributed by atoms with Gasteiger partial charge < -0.3 is 20.9 Å². The predicted molar refractivity (Wildman–Crippen MR) is 195 cm³/mol. The number of aryl methyl sites for hydroxylation is 1. The molecule has 1 heterocycles. The number of carbonyl (C=O) groups excluding carboxylic acids is 4. The lowest BCUT2D eigenvalue weighted by molar-refractivity contribution is -0.139. The number of hydrogen-bond donors (Lipinski definition) is 4. The van der Waals surface area contributed by atoms with E-state index in [2.05, 4.69) is 16.0 Å². The molecule has 0 aromatic heterocycles. The molecular formula is C39H43N5O6S. The number of rotatable bonds is 9. The maximum Gasteiger partial charge on any atom is 0.319 e. The van der Waals surface area contributed by atoms with E-state index in [1.54, 1.807) is 29.2 Å². The van der Waals surface area contributed by atoms with Gasteiger partial charge in [-0.2, -0.15) is 0 Å². The summed E-state index contributed by atoms with van der Waals surface area (Å²) < 4.78 is 27.5. The fourth-order valence-corrected chi connectivity index (χ4v) is 7.34. The molecule has 0 bridgehead atoms. The normalized spacial score (nSPS) is 17.9. The van der Waals surface area contributed by atoms with Crippen LogP contribution in [0.2, 0.25) is 0 Å². The molecule has 4 aromatic carbocycles. The standard InChI is InChI=1S/C39H43N5O6S/c1-26-14-11-12-21-32(26)29-23-33(37(47)44(25-35(45)42-39(2,3)4)34(24-29)27-15-7-5-8-16-27)41-38(48)40-30-18-13-17-28(22-30)36(46)43-51(49,50)31-19-9-6-10-20-31/h5-22,29,33-34H,23-25H2,1-4H3,(H,42,45)(H,43,46)(H2,40,41,48). The zero-order chi connectivity index (χ0) is 36.8. The number of sulfonamides is 1. The second-order valence-electron chi connectivity index (χ2n) is 13.7. The molecule has 4 N–H and O–H groups in total. The van der Waals surface area contributed by atoms with Crippen LogP contribution < -0.4 is 20.7 Å². The van der Waals surface area contributed by atoms with E-state index in [0.29, 0.717) is 6.42 Å². The van der Waals surface area contributed by atoms with Crippen LogP contribution in [0.25, 0.3) is 0 Å². The molecule has 5 rings (SSSR count). The van der Waals surface area contributed by atoms with Gasteiger partial charge in [-0.25, -0.2) is 17.9 Å². The van der Waals surface area contributed by atoms with Crippen molar-refractivity contribution in [3.05, 3.63) is 131 Å². The number of likely N-dealkylation sites (tertiary alicyclic amines) is 1. The lowest BCUT2D eigenvalue weighted by Gasteiger charge is -2.33. The lowest BCUT2D eigenvalue weighted by atomic mass is 9.84. The lowest BCUT2D eigenvalue weighted by Crippen LogP contribution is -2.53. The maximum atomic E-state index is 14.5. The van der Waals surface area contributed by atoms with Crippen molar-refractivity contribution < 1.29 is 27.6 Å². The highest BCUT2D eigenvalue weighted by atomic mass is 32.2. The predicted octanol–water partition coefficient (Wildman–Crippen LogP) is 5.67. The van der Waals surface area contributed by atoms with Crippen LogP contribution in [0.15, 0.2) is 114 Å². The number of hydrogen-bond acceptors (Lipinski definition) is 6. The maximum absolute atomic E-state index is 14.5. The molecule has 0 saturated carbocycles. The Kier molecular flexibility index (Phi) is 11.2. The SMILES string of the molecule is Cc1ccccc1C1CC(NC(=O)Nc2cccc(C(=O)NS(=O)(=O)c3ccccc3)c2)C(=O)N(CC(=O)NC(C)(C)C)C(c2ccccc2)C1. The monoisotopic (exact) mass is 709 g/mol. The summed E-state index contributed by atoms with van der Waals surface area (Å²) in [5.41, 5.74) is 2.66. The Morgan fingerprint density at radius 1 is 0.824 bits per heavy atom. The minimum atomic E-state index is -4.12. The van der Waals surface area contributed by atoms with Crippen molar-refractivity contribution in [1.82, 2.24) is 20.3 Å². The first-order valence-electron chi connectivity index (χ1n) is 16.7. The van der Waals surface area contributed by atoms with Crippen molar-refractivity contribution in [3.63, 3.8) is 0 Å². The first kappa shape index (κ1) is 36.8. The summed E-state index contributed by atoms with van der Waals surface area (Å²) in [5, 5.41) is 8.48. The van der Waals surface area contributed by atoms with Crippen LogP contribution in [0.1, 0.15) is 72.6 Å². The molecule has 12 heteroatoms. The molecule has 0 radical (unpaired) electrons. The van der Waals surface area contributed by atoms with E-state index in [4.69, 9.17) is 0 Å². The number of amides is 5. The Morgan fingerprint density at radius 2 is 1.47 bits per heavy atom. The number of nitrogens with zero attached hydrogens (tertiary/aromatic N) is 1. The Morgan fingerprint density at radius 3 is 2.14 bits per heavy atom. The topological polar surface area (TPSA) is 154 Å². The zero-order valence-corrected chi connectivity index (χ0v) is 29.9. The van der Waals surface area contributed by atoms with Crippen molar-refractivity contribution >= 4 is 39.5 Å². The smallest absolute Gasteiger partial charge is 0.319 e. The van der Waals surface area contributed by atoms with Crippen molar-refractivity contribution in [1.29, 1.82) is 0 Å². The van der Waals surface area contributed by atoms with Gasteiger partial charge in [-0.3, -0.25) is 14.4 Å². The van der Waals surface area contributed by atoms with Crippen molar-refractivity contribution in [3.8, 4) is 0 Å². The average molecular weight is 710 g/mol. The summed E-state index contributed by atoms with van der Waals surface area (Å²) in [6.45, 7) is 7.41. The van der Waals surface area contributed by atoms with Crippen LogP contribution in [-0.2, 0) is 19.6 Å². The van der Waals surface area contributed by atoms with E-state index in [9.17, 15) is 27.6 Å². The Hall–Kier alpha value is -5.49. The van der Waals surface area contributed by atoms with Gasteiger partial charge in [-0.15, -0.1) is 0 Å². The molecular weight excluding hydrogens is 667 g/mol. The van der Waals surface area contributed by atoms with Gasteiger partial charge in [0.1, 0.15) is 12.6 Å². The molecule has 266 valence electrons. The second kappa shape index (κ2) is 15.6. The van der Waals surface area contributed by atoms with Crippen LogP contribution in [0.3, 0.4) is 0 Å². The van der Waals surface area contributed by atoms with Gasteiger partial charge in [0.15, 0.2) is 0 Å². The third-order valence-corrected chi connectivity index (χ3v) is 9.94. The van der Waals surface area contributed by atoms with Crippen LogP contribution >= 0.6 is 0 Å². The number of urea groups is 1.